The molecule has 0 spiro atoms. The molecular formula is C22H25N3O3. The molecular weight excluding hydrogens is 354 g/mol. The number of aliphatic hydroxyl groups excluding tert-OH is 2. The molecule has 4 rings (SSSR count). The minimum Gasteiger partial charge on any atom is -0.489 e. The van der Waals surface area contributed by atoms with Crippen LogP contribution in [0, 0.1) is 0 Å². The Labute approximate surface area is 164 Å². The van der Waals surface area contributed by atoms with Gasteiger partial charge in [0, 0.05) is 30.6 Å². The first-order chi connectivity index (χ1) is 13.8. The van der Waals surface area contributed by atoms with Crippen molar-refractivity contribution in [1.29, 1.82) is 0 Å². The Kier molecular flexibility index (Phi) is 5.71. The average Bonchev–Trinajstić information content (AvgIpc) is 3.11. The quantitative estimate of drug-likeness (QED) is 0.659. The lowest BCUT2D eigenvalue weighted by Gasteiger charge is -2.31. The van der Waals surface area contributed by atoms with E-state index in [4.69, 9.17) is 9.84 Å². The van der Waals surface area contributed by atoms with Crippen molar-refractivity contribution in [3.8, 4) is 17.0 Å². The summed E-state index contributed by atoms with van der Waals surface area (Å²) >= 11 is 0. The highest BCUT2D eigenvalue weighted by atomic mass is 16.5. The molecule has 6 nitrogen and oxygen atoms in total. The van der Waals surface area contributed by atoms with E-state index in [1.807, 2.05) is 58.1 Å². The highest BCUT2D eigenvalue weighted by Crippen LogP contribution is 2.31. The zero-order valence-electron chi connectivity index (χ0n) is 15.7. The number of hydrogen-bond donors (Lipinski definition) is 2. The van der Waals surface area contributed by atoms with Gasteiger partial charge in [-0.25, -0.2) is 0 Å². The van der Waals surface area contributed by atoms with E-state index in [9.17, 15) is 10.2 Å². The Morgan fingerprint density at radius 1 is 1.04 bits per heavy atom. The van der Waals surface area contributed by atoms with Gasteiger partial charge < -0.3 is 14.9 Å². The van der Waals surface area contributed by atoms with Gasteiger partial charge in [-0.2, -0.15) is 5.10 Å². The van der Waals surface area contributed by atoms with Gasteiger partial charge in [0.1, 0.15) is 18.6 Å². The molecule has 2 heterocycles. The van der Waals surface area contributed by atoms with Crippen LogP contribution in [0.4, 0.5) is 0 Å². The second-order valence-electron chi connectivity index (χ2n) is 6.91. The summed E-state index contributed by atoms with van der Waals surface area (Å²) in [4.78, 5) is 2.02. The summed E-state index contributed by atoms with van der Waals surface area (Å²) in [5.41, 5.74) is 4.25. The van der Waals surface area contributed by atoms with Crippen molar-refractivity contribution < 1.29 is 14.9 Å². The van der Waals surface area contributed by atoms with E-state index >= 15 is 0 Å². The predicted molar refractivity (Wildman–Crippen MR) is 107 cm³/mol. The van der Waals surface area contributed by atoms with Gasteiger partial charge in [-0.3, -0.25) is 9.58 Å². The Bertz CT molecular complexity index is 896. The number of fused-ring (bicyclic) bond motifs is 1. The van der Waals surface area contributed by atoms with Gasteiger partial charge >= 0.3 is 0 Å². The number of ether oxygens (including phenoxy) is 1. The first-order valence-corrected chi connectivity index (χ1v) is 9.61. The van der Waals surface area contributed by atoms with E-state index in [0.29, 0.717) is 13.1 Å². The van der Waals surface area contributed by atoms with Gasteiger partial charge in [0.25, 0.3) is 0 Å². The number of para-hydroxylation sites is 1. The summed E-state index contributed by atoms with van der Waals surface area (Å²) in [6, 6.07) is 19.6. The topological polar surface area (TPSA) is 70.8 Å². The molecule has 1 aliphatic heterocycles. The fourth-order valence-electron chi connectivity index (χ4n) is 3.67. The number of nitrogens with zero attached hydrogens (tertiary/aromatic N) is 3. The molecule has 0 fully saturated rings. The van der Waals surface area contributed by atoms with Crippen LogP contribution in [0.15, 0.2) is 60.7 Å². The van der Waals surface area contributed by atoms with Crippen LogP contribution in [0.1, 0.15) is 11.3 Å². The molecule has 2 N–H and O–H groups in total. The van der Waals surface area contributed by atoms with Crippen LogP contribution in [-0.4, -0.2) is 50.9 Å². The third-order valence-electron chi connectivity index (χ3n) is 5.05. The molecule has 28 heavy (non-hydrogen) atoms. The monoisotopic (exact) mass is 379 g/mol. The van der Waals surface area contributed by atoms with Crippen molar-refractivity contribution >= 4 is 0 Å². The van der Waals surface area contributed by atoms with E-state index in [1.54, 1.807) is 0 Å². The second kappa shape index (κ2) is 8.56. The summed E-state index contributed by atoms with van der Waals surface area (Å²) < 4.78 is 7.61. The number of rotatable bonds is 7. The largest absolute Gasteiger partial charge is 0.489 e. The van der Waals surface area contributed by atoms with Gasteiger partial charge in [0.15, 0.2) is 0 Å². The zero-order chi connectivity index (χ0) is 19.3. The van der Waals surface area contributed by atoms with Crippen molar-refractivity contribution in [2.75, 3.05) is 19.8 Å². The summed E-state index contributed by atoms with van der Waals surface area (Å²) in [7, 11) is 0. The van der Waals surface area contributed by atoms with Crippen molar-refractivity contribution in [3.63, 3.8) is 0 Å². The van der Waals surface area contributed by atoms with E-state index in [-0.39, 0.29) is 13.2 Å². The van der Waals surface area contributed by atoms with Crippen molar-refractivity contribution in [2.24, 2.45) is 0 Å². The standard InChI is InChI=1S/C22H25N3O3/c26-14-13-25-22(17-7-3-1-4-8-17)19-15-24(12-11-20(19)23-25)21(27)16-28-18-9-5-2-6-10-18/h1-10,21,26-27H,11-16H2. The summed E-state index contributed by atoms with van der Waals surface area (Å²) in [6.07, 6.45) is 0.0638. The van der Waals surface area contributed by atoms with Crippen LogP contribution < -0.4 is 4.74 Å². The van der Waals surface area contributed by atoms with Crippen molar-refractivity contribution in [1.82, 2.24) is 14.7 Å². The predicted octanol–water partition coefficient (Wildman–Crippen LogP) is 2.30. The molecule has 0 saturated heterocycles. The Hall–Kier alpha value is -2.67. The normalized spacial score (nSPS) is 15.2. The third kappa shape index (κ3) is 3.94. The number of aliphatic hydroxyl groups is 2. The first kappa shape index (κ1) is 18.7. The molecule has 0 radical (unpaired) electrons. The van der Waals surface area contributed by atoms with E-state index in [0.717, 1.165) is 41.2 Å². The summed E-state index contributed by atoms with van der Waals surface area (Å²) in [6.45, 7) is 2.03. The highest BCUT2D eigenvalue weighted by molar-refractivity contribution is 5.65. The minimum atomic E-state index is -0.696. The maximum absolute atomic E-state index is 10.7. The van der Waals surface area contributed by atoms with Crippen LogP contribution in [0.2, 0.25) is 0 Å². The molecule has 1 aliphatic rings. The number of aromatic nitrogens is 2. The maximum atomic E-state index is 10.7. The highest BCUT2D eigenvalue weighted by Gasteiger charge is 2.28. The van der Waals surface area contributed by atoms with Crippen LogP contribution >= 0.6 is 0 Å². The van der Waals surface area contributed by atoms with E-state index < -0.39 is 6.23 Å². The zero-order valence-corrected chi connectivity index (χ0v) is 15.7. The van der Waals surface area contributed by atoms with E-state index in [2.05, 4.69) is 12.1 Å². The number of hydrogen-bond acceptors (Lipinski definition) is 5. The molecule has 146 valence electrons. The molecule has 1 atom stereocenters. The lowest BCUT2D eigenvalue weighted by atomic mass is 10.0. The van der Waals surface area contributed by atoms with E-state index in [1.165, 1.54) is 0 Å². The van der Waals surface area contributed by atoms with Gasteiger partial charge in [0.2, 0.25) is 0 Å². The average molecular weight is 379 g/mol. The number of benzene rings is 2. The van der Waals surface area contributed by atoms with Crippen LogP contribution in [-0.2, 0) is 19.5 Å². The third-order valence-corrected chi connectivity index (χ3v) is 5.05. The van der Waals surface area contributed by atoms with Gasteiger partial charge in [0.05, 0.1) is 24.5 Å². The molecule has 6 heteroatoms. The van der Waals surface area contributed by atoms with Gasteiger partial charge in [-0.05, 0) is 12.1 Å². The molecule has 0 amide bonds. The molecule has 1 aromatic heterocycles. The molecule has 3 aromatic rings. The summed E-state index contributed by atoms with van der Waals surface area (Å²) in [5.74, 6) is 0.750. The Morgan fingerprint density at radius 2 is 1.75 bits per heavy atom. The van der Waals surface area contributed by atoms with Crippen molar-refractivity contribution in [3.05, 3.63) is 71.9 Å². The fraction of sp³-hybridized carbons (Fsp3) is 0.318. The van der Waals surface area contributed by atoms with Gasteiger partial charge in [-0.15, -0.1) is 0 Å². The lowest BCUT2D eigenvalue weighted by Crippen LogP contribution is -2.42. The fourth-order valence-corrected chi connectivity index (χ4v) is 3.67. The van der Waals surface area contributed by atoms with Crippen LogP contribution in [0.25, 0.3) is 11.3 Å². The molecule has 1 unspecified atom stereocenters. The SMILES string of the molecule is OCCn1nc2c(c1-c1ccccc1)CN(C(O)COc1ccccc1)CC2. The lowest BCUT2D eigenvalue weighted by molar-refractivity contribution is -0.0354. The second-order valence-corrected chi connectivity index (χ2v) is 6.91. The Morgan fingerprint density at radius 3 is 2.46 bits per heavy atom. The maximum Gasteiger partial charge on any atom is 0.142 e. The molecule has 0 aliphatic carbocycles. The smallest absolute Gasteiger partial charge is 0.142 e. The molecule has 0 saturated carbocycles. The first-order valence-electron chi connectivity index (χ1n) is 9.61. The molecule has 2 aromatic carbocycles. The van der Waals surface area contributed by atoms with Crippen molar-refractivity contribution in [2.45, 2.75) is 25.7 Å². The van der Waals surface area contributed by atoms with Crippen LogP contribution in [0.3, 0.4) is 0 Å². The molecule has 0 bridgehead atoms. The van der Waals surface area contributed by atoms with Gasteiger partial charge in [-0.1, -0.05) is 48.5 Å². The Balaban J connectivity index is 1.54. The summed E-state index contributed by atoms with van der Waals surface area (Å²) in [5, 5.41) is 24.8. The minimum absolute atomic E-state index is 0.0393. The van der Waals surface area contributed by atoms with Crippen LogP contribution in [0.5, 0.6) is 5.75 Å².